The number of anilines is 3. The van der Waals surface area contributed by atoms with Crippen LogP contribution in [-0.2, 0) is 10.8 Å². The Bertz CT molecular complexity index is 2740. The maximum absolute atomic E-state index is 6.71. The lowest BCUT2D eigenvalue weighted by molar-refractivity contribution is 0.652. The largest absolute Gasteiger partial charge is 0.454 e. The summed E-state index contributed by atoms with van der Waals surface area (Å²) >= 11 is 0. The monoisotopic (exact) mass is 645 g/mol. The molecule has 0 amide bonds. The molecule has 2 aliphatic rings. The van der Waals surface area contributed by atoms with Crippen molar-refractivity contribution in [2.45, 2.75) is 52.4 Å². The minimum absolute atomic E-state index is 0.0606. The smallest absolute Gasteiger partial charge is 0.159 e. The fraction of sp³-hybridized carbons (Fsp3) is 0.167. The van der Waals surface area contributed by atoms with Crippen LogP contribution >= 0.6 is 0 Å². The molecule has 10 rings (SSSR count). The van der Waals surface area contributed by atoms with Crippen molar-refractivity contribution in [2.24, 2.45) is 0 Å². The minimum atomic E-state index is -0.208. The summed E-state index contributed by atoms with van der Waals surface area (Å²) in [4.78, 5) is 2.44. The fourth-order valence-corrected chi connectivity index (χ4v) is 9.12. The average molecular weight is 646 g/mol. The topological polar surface area (TPSA) is 16.4 Å². The number of nitrogens with zero attached hydrogens (tertiary/aromatic N) is 1. The van der Waals surface area contributed by atoms with Gasteiger partial charge in [-0.1, -0.05) is 113 Å². The van der Waals surface area contributed by atoms with Crippen LogP contribution in [0.15, 0.2) is 132 Å². The second-order valence-corrected chi connectivity index (χ2v) is 15.5. The molecule has 0 bridgehead atoms. The molecular formula is C48H39NO. The van der Waals surface area contributed by atoms with Gasteiger partial charge >= 0.3 is 0 Å². The summed E-state index contributed by atoms with van der Waals surface area (Å²) in [7, 11) is 0. The van der Waals surface area contributed by atoms with Gasteiger partial charge in [0.15, 0.2) is 5.58 Å². The van der Waals surface area contributed by atoms with Crippen LogP contribution in [0.25, 0.3) is 55.0 Å². The number of hydrogen-bond acceptors (Lipinski definition) is 2. The summed E-state index contributed by atoms with van der Waals surface area (Å²) in [6.07, 6.45) is 0. The van der Waals surface area contributed by atoms with Crippen LogP contribution in [0.4, 0.5) is 17.1 Å². The number of benzene rings is 7. The van der Waals surface area contributed by atoms with Crippen LogP contribution in [0.1, 0.15) is 61.1 Å². The van der Waals surface area contributed by atoms with Crippen molar-refractivity contribution in [2.75, 3.05) is 4.90 Å². The summed E-state index contributed by atoms with van der Waals surface area (Å²) in [5.41, 5.74) is 18.5. The Morgan fingerprint density at radius 2 is 1.12 bits per heavy atom. The lowest BCUT2D eigenvalue weighted by atomic mass is 9.79. The van der Waals surface area contributed by atoms with Crippen LogP contribution in [0.5, 0.6) is 0 Å². The van der Waals surface area contributed by atoms with Crippen molar-refractivity contribution in [3.8, 4) is 22.3 Å². The highest BCUT2D eigenvalue weighted by atomic mass is 16.3. The molecule has 0 unspecified atom stereocenters. The lowest BCUT2D eigenvalue weighted by Crippen LogP contribution is -2.18. The predicted molar refractivity (Wildman–Crippen MR) is 211 cm³/mol. The van der Waals surface area contributed by atoms with Crippen molar-refractivity contribution in [1.82, 2.24) is 0 Å². The molecule has 0 radical (unpaired) electrons. The zero-order valence-electron chi connectivity index (χ0n) is 29.5. The number of para-hydroxylation sites is 2. The van der Waals surface area contributed by atoms with Gasteiger partial charge in [-0.3, -0.25) is 0 Å². The molecule has 2 heteroatoms. The standard InChI is InChI=1S/C48H39NO/c1-28-22-23-30(24-29(28)2)49(42-20-13-18-35-33-16-10-12-21-44(33)50-46(35)42)43-27-41-45(34-17-8-7-15-32(34)43)37-26-39-36(25-40(37)48(41,5)6)31-14-9-11-19-38(31)47(39,3)4/h7-27H,1-6H3. The Balaban J connectivity index is 1.28. The maximum atomic E-state index is 6.71. The number of rotatable bonds is 3. The molecule has 0 atom stereocenters. The second kappa shape index (κ2) is 9.98. The predicted octanol–water partition coefficient (Wildman–Crippen LogP) is 13.4. The van der Waals surface area contributed by atoms with E-state index in [4.69, 9.17) is 4.42 Å². The van der Waals surface area contributed by atoms with Crippen molar-refractivity contribution in [3.63, 3.8) is 0 Å². The Kier molecular flexibility index (Phi) is 5.86. The van der Waals surface area contributed by atoms with Crippen LogP contribution in [0.3, 0.4) is 0 Å². The fourth-order valence-electron chi connectivity index (χ4n) is 9.12. The van der Waals surface area contributed by atoms with Gasteiger partial charge in [0.1, 0.15) is 5.58 Å². The van der Waals surface area contributed by atoms with Gasteiger partial charge in [-0.2, -0.15) is 0 Å². The molecule has 242 valence electrons. The summed E-state index contributed by atoms with van der Waals surface area (Å²) < 4.78 is 6.71. The van der Waals surface area contributed by atoms with Crippen LogP contribution in [0, 0.1) is 13.8 Å². The molecular weight excluding hydrogens is 607 g/mol. The Morgan fingerprint density at radius 3 is 1.94 bits per heavy atom. The molecule has 0 N–H and O–H groups in total. The van der Waals surface area contributed by atoms with Crippen LogP contribution in [0.2, 0.25) is 0 Å². The van der Waals surface area contributed by atoms with Crippen molar-refractivity contribution in [3.05, 3.63) is 161 Å². The van der Waals surface area contributed by atoms with Gasteiger partial charge in [-0.15, -0.1) is 0 Å². The quantitative estimate of drug-likeness (QED) is 0.190. The Morgan fingerprint density at radius 1 is 0.460 bits per heavy atom. The number of hydrogen-bond donors (Lipinski definition) is 0. The van der Waals surface area contributed by atoms with Gasteiger partial charge in [-0.05, 0) is 117 Å². The highest BCUT2D eigenvalue weighted by Crippen LogP contribution is 2.59. The normalized spacial score (nSPS) is 14.9. The highest BCUT2D eigenvalue weighted by Gasteiger charge is 2.42. The molecule has 2 nitrogen and oxygen atoms in total. The molecule has 0 fully saturated rings. The molecule has 0 aliphatic heterocycles. The zero-order chi connectivity index (χ0) is 34.1. The maximum Gasteiger partial charge on any atom is 0.159 e. The molecule has 1 aromatic heterocycles. The number of fused-ring (bicyclic) bond motifs is 11. The zero-order valence-corrected chi connectivity index (χ0v) is 29.5. The van der Waals surface area contributed by atoms with Crippen molar-refractivity contribution < 1.29 is 4.42 Å². The summed E-state index contributed by atoms with van der Waals surface area (Å²) in [5.74, 6) is 0. The van der Waals surface area contributed by atoms with E-state index >= 15 is 0 Å². The third-order valence-corrected chi connectivity index (χ3v) is 12.0. The Labute approximate surface area is 293 Å². The molecule has 2 aliphatic carbocycles. The molecule has 1 heterocycles. The molecule has 7 aromatic carbocycles. The van der Waals surface area contributed by atoms with E-state index in [1.54, 1.807) is 0 Å². The number of aryl methyl sites for hydroxylation is 2. The van der Waals surface area contributed by atoms with Gasteiger partial charge in [0.05, 0.1) is 11.4 Å². The minimum Gasteiger partial charge on any atom is -0.454 e. The van der Waals surface area contributed by atoms with E-state index in [2.05, 4.69) is 174 Å². The first kappa shape index (κ1) is 29.3. The van der Waals surface area contributed by atoms with E-state index in [1.165, 1.54) is 66.4 Å². The number of furan rings is 1. The lowest BCUT2D eigenvalue weighted by Gasteiger charge is -2.30. The molecule has 0 spiro atoms. The van der Waals surface area contributed by atoms with E-state index in [-0.39, 0.29) is 10.8 Å². The van der Waals surface area contributed by atoms with Gasteiger partial charge < -0.3 is 9.32 Å². The van der Waals surface area contributed by atoms with Crippen LogP contribution in [-0.4, -0.2) is 0 Å². The first-order chi connectivity index (χ1) is 24.1. The molecule has 0 saturated carbocycles. The first-order valence-corrected chi connectivity index (χ1v) is 17.8. The van der Waals surface area contributed by atoms with E-state index < -0.39 is 0 Å². The van der Waals surface area contributed by atoms with Crippen LogP contribution < -0.4 is 4.90 Å². The summed E-state index contributed by atoms with van der Waals surface area (Å²) in [5, 5.41) is 4.77. The molecule has 50 heavy (non-hydrogen) atoms. The van der Waals surface area contributed by atoms with E-state index in [1.807, 2.05) is 0 Å². The van der Waals surface area contributed by atoms with Crippen molar-refractivity contribution in [1.29, 1.82) is 0 Å². The summed E-state index contributed by atoms with van der Waals surface area (Å²) in [6, 6.07) is 47.3. The van der Waals surface area contributed by atoms with Gasteiger partial charge in [-0.25, -0.2) is 0 Å². The average Bonchev–Trinajstić information content (AvgIpc) is 3.69. The van der Waals surface area contributed by atoms with E-state index in [0.29, 0.717) is 0 Å². The van der Waals surface area contributed by atoms with E-state index in [9.17, 15) is 0 Å². The van der Waals surface area contributed by atoms with Gasteiger partial charge in [0.2, 0.25) is 0 Å². The third kappa shape index (κ3) is 3.79. The SMILES string of the molecule is Cc1ccc(N(c2cc3c(c4ccccc24)-c2cc4c(cc2C3(C)C)-c2ccccc2C4(C)C)c2cccc3c2oc2ccccc23)cc1C. The second-order valence-electron chi connectivity index (χ2n) is 15.5. The molecule has 0 saturated heterocycles. The van der Waals surface area contributed by atoms with E-state index in [0.717, 1.165) is 39.0 Å². The van der Waals surface area contributed by atoms with Crippen molar-refractivity contribution >= 4 is 49.8 Å². The highest BCUT2D eigenvalue weighted by molar-refractivity contribution is 6.14. The molecule has 8 aromatic rings. The van der Waals surface area contributed by atoms with Gasteiger partial charge in [0.25, 0.3) is 0 Å². The summed E-state index contributed by atoms with van der Waals surface area (Å²) in [6.45, 7) is 14.0. The Hall–Kier alpha value is -5.60. The van der Waals surface area contributed by atoms with Gasteiger partial charge in [0, 0.05) is 32.7 Å². The first-order valence-electron chi connectivity index (χ1n) is 17.8. The third-order valence-electron chi connectivity index (χ3n) is 12.0.